The molecule has 3 heterocycles. The van der Waals surface area contributed by atoms with E-state index in [1.54, 1.807) is 18.0 Å². The molecule has 1 aliphatic heterocycles. The van der Waals surface area contributed by atoms with Gasteiger partial charge in [0.15, 0.2) is 5.82 Å². The molecule has 1 atom stereocenters. The average molecular weight is 338 g/mol. The second-order valence-corrected chi connectivity index (χ2v) is 6.07. The lowest BCUT2D eigenvalue weighted by Gasteiger charge is -2.33. The number of para-hydroxylation sites is 1. The van der Waals surface area contributed by atoms with Crippen molar-refractivity contribution in [2.75, 3.05) is 19.8 Å². The summed E-state index contributed by atoms with van der Waals surface area (Å²) < 4.78 is 10.7. The molecule has 2 aromatic heterocycles. The SMILES string of the molecule is Cc1noc([C@H]2COCCN2C(=O)Cc2cnc3ccccc3c2)n1. The van der Waals surface area contributed by atoms with Gasteiger partial charge < -0.3 is 14.2 Å². The van der Waals surface area contributed by atoms with Crippen LogP contribution in [0.1, 0.15) is 23.3 Å². The molecule has 128 valence electrons. The van der Waals surface area contributed by atoms with Crippen LogP contribution in [-0.4, -0.2) is 45.7 Å². The Labute approximate surface area is 144 Å². The van der Waals surface area contributed by atoms with E-state index in [1.807, 2.05) is 30.3 Å². The lowest BCUT2D eigenvalue weighted by molar-refractivity contribution is -0.140. The van der Waals surface area contributed by atoms with E-state index in [0.717, 1.165) is 16.5 Å². The second kappa shape index (κ2) is 6.60. The maximum Gasteiger partial charge on any atom is 0.251 e. The third-order valence-electron chi connectivity index (χ3n) is 4.28. The van der Waals surface area contributed by atoms with Crippen molar-refractivity contribution in [3.8, 4) is 0 Å². The van der Waals surface area contributed by atoms with Crippen molar-refractivity contribution in [1.29, 1.82) is 0 Å². The van der Waals surface area contributed by atoms with Gasteiger partial charge in [0.05, 0.1) is 25.2 Å². The summed E-state index contributed by atoms with van der Waals surface area (Å²) in [7, 11) is 0. The largest absolute Gasteiger partial charge is 0.377 e. The first-order valence-electron chi connectivity index (χ1n) is 8.22. The molecule has 0 saturated carbocycles. The second-order valence-electron chi connectivity index (χ2n) is 6.07. The number of amides is 1. The van der Waals surface area contributed by atoms with Crippen LogP contribution in [0.25, 0.3) is 10.9 Å². The highest BCUT2D eigenvalue weighted by Crippen LogP contribution is 2.24. The Kier molecular flexibility index (Phi) is 4.15. The van der Waals surface area contributed by atoms with Crippen LogP contribution in [0.4, 0.5) is 0 Å². The van der Waals surface area contributed by atoms with Gasteiger partial charge in [-0.1, -0.05) is 23.4 Å². The molecule has 0 N–H and O–H groups in total. The number of hydrogen-bond acceptors (Lipinski definition) is 6. The van der Waals surface area contributed by atoms with Crippen molar-refractivity contribution in [2.45, 2.75) is 19.4 Å². The summed E-state index contributed by atoms with van der Waals surface area (Å²) in [5.41, 5.74) is 1.81. The summed E-state index contributed by atoms with van der Waals surface area (Å²) in [5.74, 6) is 0.968. The van der Waals surface area contributed by atoms with Crippen LogP contribution in [0.2, 0.25) is 0 Å². The Morgan fingerprint density at radius 3 is 3.08 bits per heavy atom. The van der Waals surface area contributed by atoms with Crippen LogP contribution >= 0.6 is 0 Å². The van der Waals surface area contributed by atoms with Crippen LogP contribution in [-0.2, 0) is 16.0 Å². The fourth-order valence-corrected chi connectivity index (χ4v) is 3.04. The third-order valence-corrected chi connectivity index (χ3v) is 4.28. The highest BCUT2D eigenvalue weighted by Gasteiger charge is 2.32. The average Bonchev–Trinajstić information content (AvgIpc) is 3.08. The maximum atomic E-state index is 12.8. The number of ether oxygens (including phenoxy) is 1. The van der Waals surface area contributed by atoms with Gasteiger partial charge >= 0.3 is 0 Å². The lowest BCUT2D eigenvalue weighted by Crippen LogP contribution is -2.44. The summed E-state index contributed by atoms with van der Waals surface area (Å²) >= 11 is 0. The summed E-state index contributed by atoms with van der Waals surface area (Å²) in [6.45, 7) is 3.13. The van der Waals surface area contributed by atoms with Gasteiger partial charge in [0.25, 0.3) is 5.89 Å². The summed E-state index contributed by atoms with van der Waals surface area (Å²) in [4.78, 5) is 23.3. The quantitative estimate of drug-likeness (QED) is 0.727. The van der Waals surface area contributed by atoms with Crippen LogP contribution in [0, 0.1) is 6.92 Å². The van der Waals surface area contributed by atoms with Gasteiger partial charge in [0.2, 0.25) is 5.91 Å². The molecule has 0 aliphatic carbocycles. The highest BCUT2D eigenvalue weighted by molar-refractivity contribution is 5.83. The molecule has 25 heavy (non-hydrogen) atoms. The van der Waals surface area contributed by atoms with Gasteiger partial charge in [-0.25, -0.2) is 0 Å². The number of carbonyl (C=O) groups is 1. The van der Waals surface area contributed by atoms with E-state index in [4.69, 9.17) is 9.26 Å². The van der Waals surface area contributed by atoms with Gasteiger partial charge in [-0.3, -0.25) is 9.78 Å². The van der Waals surface area contributed by atoms with Gasteiger partial charge in [0.1, 0.15) is 6.04 Å². The standard InChI is InChI=1S/C18H18N4O3/c1-12-20-18(25-21-12)16-11-24-7-6-22(16)17(23)9-13-8-14-4-2-3-5-15(14)19-10-13/h2-5,8,10,16H,6-7,9,11H2,1H3/t16-/m1/s1. The number of carbonyl (C=O) groups excluding carboxylic acids is 1. The molecular formula is C18H18N4O3. The molecule has 0 radical (unpaired) electrons. The first-order valence-corrected chi connectivity index (χ1v) is 8.22. The minimum absolute atomic E-state index is 0.00114. The molecule has 0 spiro atoms. The van der Waals surface area contributed by atoms with Gasteiger partial charge in [-0.15, -0.1) is 0 Å². The summed E-state index contributed by atoms with van der Waals surface area (Å²) in [6.07, 6.45) is 2.04. The monoisotopic (exact) mass is 338 g/mol. The molecule has 3 aromatic rings. The lowest BCUT2D eigenvalue weighted by atomic mass is 10.1. The van der Waals surface area contributed by atoms with Crippen molar-refractivity contribution < 1.29 is 14.1 Å². The zero-order chi connectivity index (χ0) is 17.2. The van der Waals surface area contributed by atoms with Gasteiger partial charge in [-0.05, 0) is 24.6 Å². The fourth-order valence-electron chi connectivity index (χ4n) is 3.04. The Balaban J connectivity index is 1.55. The molecule has 7 heteroatoms. The summed E-state index contributed by atoms with van der Waals surface area (Å²) in [6, 6.07) is 9.53. The zero-order valence-electron chi connectivity index (χ0n) is 13.9. The predicted molar refractivity (Wildman–Crippen MR) is 89.8 cm³/mol. The predicted octanol–water partition coefficient (Wildman–Crippen LogP) is 2.07. The van der Waals surface area contributed by atoms with Crippen LogP contribution in [0.15, 0.2) is 41.1 Å². The van der Waals surface area contributed by atoms with Crippen molar-refractivity contribution in [1.82, 2.24) is 20.0 Å². The Morgan fingerprint density at radius 2 is 2.24 bits per heavy atom. The number of aryl methyl sites for hydroxylation is 1. The number of benzene rings is 1. The molecule has 1 fully saturated rings. The Bertz CT molecular complexity index is 908. The minimum Gasteiger partial charge on any atom is -0.377 e. The summed E-state index contributed by atoms with van der Waals surface area (Å²) in [5, 5.41) is 4.84. The Morgan fingerprint density at radius 1 is 1.36 bits per heavy atom. The molecule has 1 aromatic carbocycles. The van der Waals surface area contributed by atoms with E-state index >= 15 is 0 Å². The highest BCUT2D eigenvalue weighted by atomic mass is 16.5. The van der Waals surface area contributed by atoms with Crippen molar-refractivity contribution in [3.63, 3.8) is 0 Å². The number of rotatable bonds is 3. The van der Waals surface area contributed by atoms with Gasteiger partial charge in [0, 0.05) is 18.1 Å². The topological polar surface area (TPSA) is 81.4 Å². The molecular weight excluding hydrogens is 320 g/mol. The van der Waals surface area contributed by atoms with Crippen LogP contribution in [0.3, 0.4) is 0 Å². The van der Waals surface area contributed by atoms with E-state index in [1.165, 1.54) is 0 Å². The molecule has 0 bridgehead atoms. The van der Waals surface area contributed by atoms with E-state index < -0.39 is 0 Å². The van der Waals surface area contributed by atoms with Crippen molar-refractivity contribution >= 4 is 16.8 Å². The number of nitrogens with zero attached hydrogens (tertiary/aromatic N) is 4. The molecule has 4 rings (SSSR count). The number of fused-ring (bicyclic) bond motifs is 1. The molecule has 1 saturated heterocycles. The number of hydrogen-bond donors (Lipinski definition) is 0. The van der Waals surface area contributed by atoms with E-state index in [9.17, 15) is 4.79 Å². The van der Waals surface area contributed by atoms with Crippen LogP contribution < -0.4 is 0 Å². The maximum absolute atomic E-state index is 12.8. The Hall–Kier alpha value is -2.80. The molecule has 1 aliphatic rings. The minimum atomic E-state index is -0.337. The van der Waals surface area contributed by atoms with Crippen LogP contribution in [0.5, 0.6) is 0 Å². The molecule has 0 unspecified atom stereocenters. The van der Waals surface area contributed by atoms with E-state index in [0.29, 0.717) is 31.5 Å². The first-order chi connectivity index (χ1) is 12.2. The van der Waals surface area contributed by atoms with Crippen molar-refractivity contribution in [2.24, 2.45) is 0 Å². The molecule has 1 amide bonds. The van der Waals surface area contributed by atoms with E-state index in [-0.39, 0.29) is 18.4 Å². The number of aromatic nitrogens is 3. The number of pyridine rings is 1. The van der Waals surface area contributed by atoms with Crippen molar-refractivity contribution in [3.05, 3.63) is 53.8 Å². The number of morpholine rings is 1. The van der Waals surface area contributed by atoms with Gasteiger partial charge in [-0.2, -0.15) is 4.98 Å². The first kappa shape index (κ1) is 15.7. The smallest absolute Gasteiger partial charge is 0.251 e. The zero-order valence-corrected chi connectivity index (χ0v) is 13.9. The normalized spacial score (nSPS) is 17.8. The fraction of sp³-hybridized carbons (Fsp3) is 0.333. The third kappa shape index (κ3) is 3.23. The molecule has 7 nitrogen and oxygen atoms in total. The van der Waals surface area contributed by atoms with E-state index in [2.05, 4.69) is 15.1 Å².